The van der Waals surface area contributed by atoms with Crippen LogP contribution in [0.25, 0.3) is 0 Å². The van der Waals surface area contributed by atoms with E-state index in [1.807, 2.05) is 0 Å². The average molecular weight is 386 g/mol. The van der Waals surface area contributed by atoms with E-state index >= 15 is 0 Å². The number of aryl methyl sites for hydroxylation is 1. The van der Waals surface area contributed by atoms with Gasteiger partial charge in [0.15, 0.2) is 11.9 Å². The molecule has 0 spiro atoms. The van der Waals surface area contributed by atoms with Gasteiger partial charge in [0.05, 0.1) is 12.7 Å². The maximum absolute atomic E-state index is 12.4. The Bertz CT molecular complexity index is 944. The minimum atomic E-state index is -1.10. The molecule has 2 N–H and O–H groups in total. The highest BCUT2D eigenvalue weighted by Gasteiger charge is 2.26. The van der Waals surface area contributed by atoms with Gasteiger partial charge in [-0.1, -0.05) is 12.1 Å². The molecule has 8 nitrogen and oxygen atoms in total. The van der Waals surface area contributed by atoms with E-state index < -0.39 is 23.9 Å². The average Bonchev–Trinajstić information content (AvgIpc) is 2.95. The van der Waals surface area contributed by atoms with Gasteiger partial charge in [0.1, 0.15) is 5.69 Å². The fraction of sp³-hybridized carbons (Fsp3) is 0.300. The molecule has 2 aromatic rings. The lowest BCUT2D eigenvalue weighted by molar-refractivity contribution is -0.123. The Morgan fingerprint density at radius 1 is 1.11 bits per heavy atom. The summed E-state index contributed by atoms with van der Waals surface area (Å²) in [7, 11) is 1.25. The Balaban J connectivity index is 2.10. The number of aromatic nitrogens is 1. The van der Waals surface area contributed by atoms with E-state index in [2.05, 4.69) is 10.3 Å². The van der Waals surface area contributed by atoms with Crippen LogP contribution in [0.4, 0.5) is 5.69 Å². The quantitative estimate of drug-likeness (QED) is 0.583. The second-order valence-corrected chi connectivity index (χ2v) is 6.29. The number of nitrogens with one attached hydrogen (secondary N) is 2. The maximum Gasteiger partial charge on any atom is 0.355 e. The highest BCUT2D eigenvalue weighted by atomic mass is 16.5. The molecule has 1 aromatic heterocycles. The molecule has 0 aliphatic rings. The molecule has 2 rings (SSSR count). The van der Waals surface area contributed by atoms with Crippen LogP contribution < -0.4 is 5.32 Å². The van der Waals surface area contributed by atoms with E-state index in [0.29, 0.717) is 22.5 Å². The van der Waals surface area contributed by atoms with Crippen LogP contribution in [0.2, 0.25) is 0 Å². The summed E-state index contributed by atoms with van der Waals surface area (Å²) in [6.45, 7) is 6.07. The Morgan fingerprint density at radius 3 is 2.39 bits per heavy atom. The number of rotatable bonds is 6. The lowest BCUT2D eigenvalue weighted by Crippen LogP contribution is -2.30. The number of H-pyrrole nitrogens is 1. The fourth-order valence-corrected chi connectivity index (χ4v) is 2.70. The first kappa shape index (κ1) is 20.9. The standard InChI is InChI=1S/C20H22N2O6/c1-10-16(19(25)27-5)11(2)21-17(10)20(26)28-13(4)18(24)22-15-8-6-7-14(9-15)12(3)23/h6-9,13,21H,1-5H3,(H,22,24)/t13-/m1/s1. The van der Waals surface area contributed by atoms with Crippen LogP contribution >= 0.6 is 0 Å². The maximum atomic E-state index is 12.4. The van der Waals surface area contributed by atoms with Crippen LogP contribution in [0.15, 0.2) is 24.3 Å². The number of amides is 1. The number of carbonyl (C=O) groups is 4. The molecular weight excluding hydrogens is 364 g/mol. The number of esters is 2. The molecule has 1 amide bonds. The van der Waals surface area contributed by atoms with Gasteiger partial charge in [0.25, 0.3) is 5.91 Å². The van der Waals surface area contributed by atoms with Gasteiger partial charge in [-0.2, -0.15) is 0 Å². The summed E-state index contributed by atoms with van der Waals surface area (Å²) in [6.07, 6.45) is -1.10. The van der Waals surface area contributed by atoms with E-state index in [9.17, 15) is 19.2 Å². The third kappa shape index (κ3) is 4.46. The lowest BCUT2D eigenvalue weighted by atomic mass is 10.1. The Morgan fingerprint density at radius 2 is 1.79 bits per heavy atom. The minimum Gasteiger partial charge on any atom is -0.465 e. The Kier molecular flexibility index (Phi) is 6.35. The molecule has 28 heavy (non-hydrogen) atoms. The fourth-order valence-electron chi connectivity index (χ4n) is 2.70. The number of methoxy groups -OCH3 is 1. The SMILES string of the molecule is COC(=O)c1c(C)[nH]c(C(=O)O[C@H](C)C(=O)Nc2cccc(C(C)=O)c2)c1C. The van der Waals surface area contributed by atoms with E-state index in [-0.39, 0.29) is 17.0 Å². The van der Waals surface area contributed by atoms with E-state index in [0.717, 1.165) is 0 Å². The summed E-state index contributed by atoms with van der Waals surface area (Å²) >= 11 is 0. The molecule has 0 aliphatic carbocycles. The van der Waals surface area contributed by atoms with Crippen molar-refractivity contribution in [1.29, 1.82) is 0 Å². The van der Waals surface area contributed by atoms with Crippen molar-refractivity contribution in [3.05, 3.63) is 52.3 Å². The van der Waals surface area contributed by atoms with Gasteiger partial charge in [-0.15, -0.1) is 0 Å². The van der Waals surface area contributed by atoms with Gasteiger partial charge in [-0.25, -0.2) is 9.59 Å². The number of hydrogen-bond donors (Lipinski definition) is 2. The van der Waals surface area contributed by atoms with E-state index in [1.54, 1.807) is 32.0 Å². The number of ketones is 1. The molecule has 0 saturated carbocycles. The number of Topliss-reactive ketones (excluding diaryl/α,β-unsaturated/α-hetero) is 1. The Labute approximate surface area is 162 Å². The third-order valence-electron chi connectivity index (χ3n) is 4.22. The molecule has 8 heteroatoms. The van der Waals surface area contributed by atoms with Gasteiger partial charge >= 0.3 is 11.9 Å². The number of hydrogen-bond acceptors (Lipinski definition) is 6. The second-order valence-electron chi connectivity index (χ2n) is 6.29. The predicted octanol–water partition coefficient (Wildman–Crippen LogP) is 2.80. The molecule has 148 valence electrons. The largest absolute Gasteiger partial charge is 0.465 e. The lowest BCUT2D eigenvalue weighted by Gasteiger charge is -2.14. The van der Waals surface area contributed by atoms with Crippen molar-refractivity contribution in [2.75, 3.05) is 12.4 Å². The molecular formula is C20H22N2O6. The van der Waals surface area contributed by atoms with Crippen molar-refractivity contribution >= 4 is 29.3 Å². The van der Waals surface area contributed by atoms with Crippen LogP contribution in [0.3, 0.4) is 0 Å². The normalized spacial score (nSPS) is 11.5. The van der Waals surface area contributed by atoms with Crippen molar-refractivity contribution in [2.24, 2.45) is 0 Å². The molecule has 0 aliphatic heterocycles. The minimum absolute atomic E-state index is 0.0797. The molecule has 0 bridgehead atoms. The zero-order valence-corrected chi connectivity index (χ0v) is 16.3. The summed E-state index contributed by atoms with van der Waals surface area (Å²) < 4.78 is 9.91. The summed E-state index contributed by atoms with van der Waals surface area (Å²) in [6, 6.07) is 6.44. The number of benzene rings is 1. The van der Waals surface area contributed by atoms with E-state index in [4.69, 9.17) is 9.47 Å². The summed E-state index contributed by atoms with van der Waals surface area (Å²) in [5.74, 6) is -2.02. The molecule has 0 radical (unpaired) electrons. The Hall–Kier alpha value is -3.42. The first-order chi connectivity index (χ1) is 13.1. The van der Waals surface area contributed by atoms with E-state index in [1.165, 1.54) is 27.0 Å². The number of anilines is 1. The van der Waals surface area contributed by atoms with Crippen LogP contribution in [-0.4, -0.2) is 41.8 Å². The van der Waals surface area contributed by atoms with Gasteiger partial charge < -0.3 is 19.8 Å². The molecule has 1 heterocycles. The van der Waals surface area contributed by atoms with Crippen LogP contribution in [-0.2, 0) is 14.3 Å². The topological polar surface area (TPSA) is 115 Å². The molecule has 0 fully saturated rings. The van der Waals surface area contributed by atoms with Crippen LogP contribution in [0.5, 0.6) is 0 Å². The monoisotopic (exact) mass is 386 g/mol. The summed E-state index contributed by atoms with van der Waals surface area (Å²) in [4.78, 5) is 50.8. The van der Waals surface area contributed by atoms with Gasteiger partial charge in [0, 0.05) is 16.9 Å². The van der Waals surface area contributed by atoms with Crippen molar-refractivity contribution in [2.45, 2.75) is 33.8 Å². The first-order valence-corrected chi connectivity index (χ1v) is 8.56. The van der Waals surface area contributed by atoms with Crippen molar-refractivity contribution in [1.82, 2.24) is 4.98 Å². The molecule has 0 saturated heterocycles. The van der Waals surface area contributed by atoms with Gasteiger partial charge in [-0.05, 0) is 45.4 Å². The van der Waals surface area contributed by atoms with Crippen LogP contribution in [0.1, 0.15) is 56.3 Å². The first-order valence-electron chi connectivity index (χ1n) is 8.56. The highest BCUT2D eigenvalue weighted by molar-refractivity contribution is 6.01. The third-order valence-corrected chi connectivity index (χ3v) is 4.22. The molecule has 1 atom stereocenters. The van der Waals surface area contributed by atoms with Crippen LogP contribution in [0, 0.1) is 13.8 Å². The summed E-state index contributed by atoms with van der Waals surface area (Å²) in [5.41, 5.74) is 2.06. The highest BCUT2D eigenvalue weighted by Crippen LogP contribution is 2.20. The van der Waals surface area contributed by atoms with Crippen molar-refractivity contribution in [3.63, 3.8) is 0 Å². The second kappa shape index (κ2) is 8.51. The number of ether oxygens (including phenoxy) is 2. The van der Waals surface area contributed by atoms with Crippen molar-refractivity contribution in [3.8, 4) is 0 Å². The van der Waals surface area contributed by atoms with Crippen molar-refractivity contribution < 1.29 is 28.7 Å². The number of aromatic amines is 1. The molecule has 1 aromatic carbocycles. The van der Waals surface area contributed by atoms with Gasteiger partial charge in [0.2, 0.25) is 0 Å². The zero-order chi connectivity index (χ0) is 21.0. The van der Waals surface area contributed by atoms with Gasteiger partial charge in [-0.3, -0.25) is 9.59 Å². The zero-order valence-electron chi connectivity index (χ0n) is 16.3. The predicted molar refractivity (Wildman–Crippen MR) is 102 cm³/mol. The number of carbonyl (C=O) groups excluding carboxylic acids is 4. The molecule has 0 unspecified atom stereocenters. The summed E-state index contributed by atoms with van der Waals surface area (Å²) in [5, 5.41) is 2.60. The smallest absolute Gasteiger partial charge is 0.355 e.